The van der Waals surface area contributed by atoms with Gasteiger partial charge in [-0.05, 0) is 18.6 Å². The summed E-state index contributed by atoms with van der Waals surface area (Å²) in [7, 11) is 1.74. The lowest BCUT2D eigenvalue weighted by Gasteiger charge is -2.09. The maximum atomic E-state index is 13.7. The largest absolute Gasteiger partial charge is 0.490 e. The van der Waals surface area contributed by atoms with Gasteiger partial charge in [0.25, 0.3) is 0 Å². The number of rotatable bonds is 13. The fraction of sp³-hybridized carbons (Fsp3) is 0.611. The van der Waals surface area contributed by atoms with Gasteiger partial charge in [0.1, 0.15) is 6.61 Å². The molecule has 0 heterocycles. The smallest absolute Gasteiger partial charge is 0.167 e. The van der Waals surface area contributed by atoms with Crippen LogP contribution in [0.2, 0.25) is 0 Å². The van der Waals surface area contributed by atoms with Crippen LogP contribution in [0.1, 0.15) is 26.7 Å². The van der Waals surface area contributed by atoms with Crippen LogP contribution in [0, 0.1) is 11.7 Å². The number of anilines is 1. The zero-order valence-electron chi connectivity index (χ0n) is 14.8. The molecule has 0 aliphatic carbocycles. The predicted molar refractivity (Wildman–Crippen MR) is 92.2 cm³/mol. The lowest BCUT2D eigenvalue weighted by atomic mass is 10.1. The van der Waals surface area contributed by atoms with E-state index in [9.17, 15) is 9.18 Å². The molecule has 5 nitrogen and oxygen atoms in total. The highest BCUT2D eigenvalue weighted by atomic mass is 19.1. The number of hydrogen-bond donors (Lipinski definition) is 1. The van der Waals surface area contributed by atoms with Crippen LogP contribution in [0.4, 0.5) is 10.1 Å². The van der Waals surface area contributed by atoms with Crippen LogP contribution in [0.5, 0.6) is 5.75 Å². The molecule has 136 valence electrons. The summed E-state index contributed by atoms with van der Waals surface area (Å²) in [5.74, 6) is -0.00310. The molecule has 0 aliphatic rings. The lowest BCUT2D eigenvalue weighted by Crippen LogP contribution is -2.15. The number of nitrogens with one attached hydrogen (secondary N) is 1. The van der Waals surface area contributed by atoms with E-state index in [1.54, 1.807) is 19.2 Å². The number of ketones is 1. The summed E-state index contributed by atoms with van der Waals surface area (Å²) >= 11 is 0. The molecule has 1 aromatic carbocycles. The zero-order valence-corrected chi connectivity index (χ0v) is 14.8. The van der Waals surface area contributed by atoms with E-state index in [-0.39, 0.29) is 29.9 Å². The summed E-state index contributed by atoms with van der Waals surface area (Å²) < 4.78 is 29.8. The molecule has 1 rings (SSSR count). The Hall–Kier alpha value is -1.66. The summed E-state index contributed by atoms with van der Waals surface area (Å²) in [5, 5.41) is 2.87. The van der Waals surface area contributed by atoms with E-state index in [4.69, 9.17) is 14.2 Å². The molecule has 0 radical (unpaired) electrons. The summed E-state index contributed by atoms with van der Waals surface area (Å²) in [6.45, 7) is 5.91. The predicted octanol–water partition coefficient (Wildman–Crippen LogP) is 3.28. The normalized spacial score (nSPS) is 10.9. The minimum absolute atomic E-state index is 0.0144. The first-order chi connectivity index (χ1) is 11.5. The van der Waals surface area contributed by atoms with E-state index < -0.39 is 0 Å². The van der Waals surface area contributed by atoms with Gasteiger partial charge in [-0.2, -0.15) is 0 Å². The van der Waals surface area contributed by atoms with Crippen molar-refractivity contribution in [3.05, 3.63) is 24.0 Å². The van der Waals surface area contributed by atoms with Gasteiger partial charge in [-0.25, -0.2) is 4.39 Å². The Morgan fingerprint density at radius 1 is 1.12 bits per heavy atom. The average Bonchev–Trinajstić information content (AvgIpc) is 2.57. The minimum atomic E-state index is -0.379. The summed E-state index contributed by atoms with van der Waals surface area (Å²) in [6.07, 6.45) is 1.42. The van der Waals surface area contributed by atoms with E-state index >= 15 is 0 Å². The van der Waals surface area contributed by atoms with E-state index in [2.05, 4.69) is 5.32 Å². The van der Waals surface area contributed by atoms with Crippen molar-refractivity contribution < 1.29 is 23.4 Å². The van der Waals surface area contributed by atoms with Gasteiger partial charge in [0.2, 0.25) is 0 Å². The van der Waals surface area contributed by atoms with Crippen LogP contribution in [0.15, 0.2) is 18.2 Å². The second kappa shape index (κ2) is 11.8. The molecule has 0 saturated carbocycles. The molecule has 0 saturated heterocycles. The molecule has 1 aromatic rings. The van der Waals surface area contributed by atoms with Gasteiger partial charge in [-0.3, -0.25) is 4.79 Å². The standard InChI is InChI=1S/C18H28FNO4/c1-14(2)17(21)13-23-10-4-8-22-9-5-11-24-18-7-6-15(20-3)12-16(18)19/h6-7,12,14,20H,4-5,8-11,13H2,1-3H3. The first-order valence-electron chi connectivity index (χ1n) is 8.33. The van der Waals surface area contributed by atoms with Crippen LogP contribution in [-0.4, -0.2) is 45.9 Å². The monoisotopic (exact) mass is 341 g/mol. The maximum Gasteiger partial charge on any atom is 0.167 e. The molecule has 0 amide bonds. The molecular weight excluding hydrogens is 313 g/mol. The highest BCUT2D eigenvalue weighted by molar-refractivity contribution is 5.81. The van der Waals surface area contributed by atoms with E-state index in [1.807, 2.05) is 13.8 Å². The Balaban J connectivity index is 1.98. The number of carbonyl (C=O) groups excluding carboxylic acids is 1. The number of halogens is 1. The molecule has 0 bridgehead atoms. The average molecular weight is 341 g/mol. The Morgan fingerprint density at radius 3 is 2.42 bits per heavy atom. The van der Waals surface area contributed by atoms with Gasteiger partial charge < -0.3 is 19.5 Å². The van der Waals surface area contributed by atoms with Crippen LogP contribution >= 0.6 is 0 Å². The number of hydrogen-bond acceptors (Lipinski definition) is 5. The van der Waals surface area contributed by atoms with Crippen LogP contribution < -0.4 is 10.1 Å². The number of carbonyl (C=O) groups is 1. The van der Waals surface area contributed by atoms with Crippen molar-refractivity contribution in [1.82, 2.24) is 0 Å². The fourth-order valence-corrected chi connectivity index (χ4v) is 1.82. The second-order valence-corrected chi connectivity index (χ2v) is 5.74. The Kier molecular flexibility index (Phi) is 10.0. The van der Waals surface area contributed by atoms with Crippen LogP contribution in [0.25, 0.3) is 0 Å². The first-order valence-corrected chi connectivity index (χ1v) is 8.33. The van der Waals surface area contributed by atoms with Gasteiger partial charge in [-0.1, -0.05) is 13.8 Å². The SMILES string of the molecule is CNc1ccc(OCCCOCCCOCC(=O)C(C)C)c(F)c1. The van der Waals surface area contributed by atoms with Gasteiger partial charge in [0.15, 0.2) is 17.3 Å². The molecule has 24 heavy (non-hydrogen) atoms. The lowest BCUT2D eigenvalue weighted by molar-refractivity contribution is -0.126. The molecule has 1 N–H and O–H groups in total. The molecule has 0 unspecified atom stereocenters. The molecule has 0 aliphatic heterocycles. The van der Waals surface area contributed by atoms with Crippen molar-refractivity contribution in [2.24, 2.45) is 5.92 Å². The molecule has 0 aromatic heterocycles. The van der Waals surface area contributed by atoms with Crippen molar-refractivity contribution in [2.75, 3.05) is 45.4 Å². The third-order valence-corrected chi connectivity index (χ3v) is 3.38. The Bertz CT molecular complexity index is 494. The third-order valence-electron chi connectivity index (χ3n) is 3.38. The summed E-state index contributed by atoms with van der Waals surface area (Å²) in [5.41, 5.74) is 0.709. The molecule has 0 fully saturated rings. The number of ether oxygens (including phenoxy) is 3. The van der Waals surface area contributed by atoms with Gasteiger partial charge in [0, 0.05) is 51.0 Å². The topological polar surface area (TPSA) is 56.8 Å². The van der Waals surface area contributed by atoms with Crippen molar-refractivity contribution in [1.29, 1.82) is 0 Å². The van der Waals surface area contributed by atoms with Crippen molar-refractivity contribution in [2.45, 2.75) is 26.7 Å². The summed E-state index contributed by atoms with van der Waals surface area (Å²) in [6, 6.07) is 4.77. The van der Waals surface area contributed by atoms with Gasteiger partial charge in [-0.15, -0.1) is 0 Å². The number of benzene rings is 1. The quantitative estimate of drug-likeness (QED) is 0.558. The Labute approximate surface area is 143 Å². The van der Waals surface area contributed by atoms with E-state index in [0.29, 0.717) is 38.5 Å². The molecule has 0 spiro atoms. The van der Waals surface area contributed by atoms with Crippen molar-refractivity contribution in [3.8, 4) is 5.75 Å². The highest BCUT2D eigenvalue weighted by Crippen LogP contribution is 2.20. The minimum Gasteiger partial charge on any atom is -0.490 e. The fourth-order valence-electron chi connectivity index (χ4n) is 1.82. The maximum absolute atomic E-state index is 13.7. The van der Waals surface area contributed by atoms with Gasteiger partial charge in [0.05, 0.1) is 6.61 Å². The summed E-state index contributed by atoms with van der Waals surface area (Å²) in [4.78, 5) is 11.3. The van der Waals surface area contributed by atoms with E-state index in [0.717, 1.165) is 6.42 Å². The molecule has 0 atom stereocenters. The third kappa shape index (κ3) is 8.26. The second-order valence-electron chi connectivity index (χ2n) is 5.74. The highest BCUT2D eigenvalue weighted by Gasteiger charge is 2.06. The number of Topliss-reactive ketones (excluding diaryl/α,β-unsaturated/α-hetero) is 1. The first kappa shape index (κ1) is 20.4. The van der Waals surface area contributed by atoms with Crippen LogP contribution in [0.3, 0.4) is 0 Å². The molecular formula is C18H28FNO4. The van der Waals surface area contributed by atoms with Crippen molar-refractivity contribution >= 4 is 11.5 Å². The Morgan fingerprint density at radius 2 is 1.79 bits per heavy atom. The molecule has 6 heteroatoms. The van der Waals surface area contributed by atoms with Crippen molar-refractivity contribution in [3.63, 3.8) is 0 Å². The van der Waals surface area contributed by atoms with E-state index in [1.165, 1.54) is 6.07 Å². The zero-order chi connectivity index (χ0) is 17.8. The van der Waals surface area contributed by atoms with Crippen LogP contribution in [-0.2, 0) is 14.3 Å². The van der Waals surface area contributed by atoms with Gasteiger partial charge >= 0.3 is 0 Å².